The summed E-state index contributed by atoms with van der Waals surface area (Å²) in [5, 5.41) is 0. The average molecular weight is 287 g/mol. The molecule has 1 fully saturated rings. The number of sulfone groups is 1. The second-order valence-electron chi connectivity index (χ2n) is 5.69. The smallest absolute Gasteiger partial charge is 0.290 e. The van der Waals surface area contributed by atoms with Crippen molar-refractivity contribution in [1.82, 2.24) is 9.36 Å². The first-order chi connectivity index (χ1) is 8.73. The molecule has 7 heteroatoms. The zero-order valence-electron chi connectivity index (χ0n) is 11.6. The van der Waals surface area contributed by atoms with Crippen molar-refractivity contribution in [2.75, 3.05) is 17.2 Å². The van der Waals surface area contributed by atoms with Gasteiger partial charge >= 0.3 is 0 Å². The zero-order valence-corrected chi connectivity index (χ0v) is 12.4. The van der Waals surface area contributed by atoms with E-state index in [0.717, 1.165) is 5.69 Å². The van der Waals surface area contributed by atoms with Gasteiger partial charge in [-0.2, -0.15) is 0 Å². The van der Waals surface area contributed by atoms with Crippen LogP contribution in [0.1, 0.15) is 32.0 Å². The van der Waals surface area contributed by atoms with Gasteiger partial charge in [-0.05, 0) is 18.8 Å². The molecule has 1 atom stereocenters. The van der Waals surface area contributed by atoms with E-state index in [9.17, 15) is 13.2 Å². The Balaban J connectivity index is 2.45. The van der Waals surface area contributed by atoms with Crippen molar-refractivity contribution in [1.29, 1.82) is 0 Å². The third-order valence-electron chi connectivity index (χ3n) is 3.62. The fourth-order valence-electron chi connectivity index (χ4n) is 2.70. The van der Waals surface area contributed by atoms with E-state index in [1.54, 1.807) is 11.7 Å². The number of aromatic nitrogens is 2. The molecule has 1 saturated heterocycles. The molecule has 1 aliphatic rings. The Bertz CT molecular complexity index is 640. The van der Waals surface area contributed by atoms with E-state index in [0.29, 0.717) is 18.8 Å². The Morgan fingerprint density at radius 3 is 2.53 bits per heavy atom. The van der Waals surface area contributed by atoms with Crippen LogP contribution in [0.25, 0.3) is 0 Å². The van der Waals surface area contributed by atoms with Gasteiger partial charge in [-0.3, -0.25) is 9.48 Å². The lowest BCUT2D eigenvalue weighted by Gasteiger charge is -2.15. The Hall–Kier alpha value is -1.24. The van der Waals surface area contributed by atoms with Crippen LogP contribution in [0.4, 0.5) is 5.69 Å². The molecule has 0 aliphatic carbocycles. The van der Waals surface area contributed by atoms with E-state index >= 15 is 0 Å². The second kappa shape index (κ2) is 4.70. The molecule has 1 aromatic heterocycles. The van der Waals surface area contributed by atoms with E-state index < -0.39 is 9.84 Å². The lowest BCUT2D eigenvalue weighted by Crippen LogP contribution is -2.28. The minimum absolute atomic E-state index is 0.0331. The van der Waals surface area contributed by atoms with Crippen LogP contribution < -0.4 is 11.3 Å². The fraction of sp³-hybridized carbons (Fsp3) is 0.750. The van der Waals surface area contributed by atoms with Crippen LogP contribution in [0.15, 0.2) is 4.79 Å². The Morgan fingerprint density at radius 2 is 2.05 bits per heavy atom. The first-order valence-electron chi connectivity index (χ1n) is 6.49. The molecule has 1 aliphatic heterocycles. The maximum absolute atomic E-state index is 12.2. The van der Waals surface area contributed by atoms with E-state index in [4.69, 9.17) is 5.73 Å². The SMILES string of the molecule is CC(C)Cc1c(N)c(=O)n(C2CCS(=O)(=O)C2)n1C. The van der Waals surface area contributed by atoms with Crippen LogP contribution in [-0.2, 0) is 23.3 Å². The van der Waals surface area contributed by atoms with Gasteiger partial charge in [0.05, 0.1) is 23.2 Å². The summed E-state index contributed by atoms with van der Waals surface area (Å²) in [4.78, 5) is 12.2. The van der Waals surface area contributed by atoms with Gasteiger partial charge in [-0.1, -0.05) is 13.8 Å². The molecule has 2 rings (SSSR count). The van der Waals surface area contributed by atoms with Crippen LogP contribution in [0.5, 0.6) is 0 Å². The molecule has 0 amide bonds. The van der Waals surface area contributed by atoms with E-state index in [2.05, 4.69) is 13.8 Å². The molecule has 0 spiro atoms. The fourth-order valence-corrected chi connectivity index (χ4v) is 4.39. The third kappa shape index (κ3) is 2.56. The molecule has 2 heterocycles. The first kappa shape index (κ1) is 14.2. The molecule has 6 nitrogen and oxygen atoms in total. The predicted octanol–water partition coefficient (Wildman–Crippen LogP) is 0.327. The van der Waals surface area contributed by atoms with E-state index in [-0.39, 0.29) is 28.8 Å². The number of anilines is 1. The molecule has 0 aromatic carbocycles. The number of nitrogens with zero attached hydrogens (tertiary/aromatic N) is 2. The molecule has 2 N–H and O–H groups in total. The summed E-state index contributed by atoms with van der Waals surface area (Å²) in [6, 6.07) is -0.286. The lowest BCUT2D eigenvalue weighted by atomic mass is 10.1. The van der Waals surface area contributed by atoms with Crippen molar-refractivity contribution in [2.45, 2.75) is 32.7 Å². The number of hydrogen-bond donors (Lipinski definition) is 1. The molecule has 0 saturated carbocycles. The minimum Gasteiger partial charge on any atom is -0.393 e. The van der Waals surface area contributed by atoms with Crippen molar-refractivity contribution in [3.8, 4) is 0 Å². The molecule has 0 bridgehead atoms. The summed E-state index contributed by atoms with van der Waals surface area (Å²) in [6.07, 6.45) is 1.20. The van der Waals surface area contributed by atoms with E-state index in [1.807, 2.05) is 0 Å². The summed E-state index contributed by atoms with van der Waals surface area (Å²) in [6.45, 7) is 4.11. The van der Waals surface area contributed by atoms with E-state index in [1.165, 1.54) is 4.68 Å². The molecule has 1 unspecified atom stereocenters. The van der Waals surface area contributed by atoms with Gasteiger partial charge in [0.15, 0.2) is 9.84 Å². The Labute approximate surface area is 113 Å². The summed E-state index contributed by atoms with van der Waals surface area (Å²) >= 11 is 0. The summed E-state index contributed by atoms with van der Waals surface area (Å²) < 4.78 is 26.4. The molecule has 0 radical (unpaired) electrons. The number of nitrogens with two attached hydrogens (primary N) is 1. The van der Waals surface area contributed by atoms with Gasteiger partial charge < -0.3 is 5.73 Å². The molecule has 1 aromatic rings. The van der Waals surface area contributed by atoms with Crippen molar-refractivity contribution in [3.63, 3.8) is 0 Å². The van der Waals surface area contributed by atoms with Crippen molar-refractivity contribution >= 4 is 15.5 Å². The highest BCUT2D eigenvalue weighted by atomic mass is 32.2. The quantitative estimate of drug-likeness (QED) is 0.867. The predicted molar refractivity (Wildman–Crippen MR) is 74.9 cm³/mol. The Morgan fingerprint density at radius 1 is 1.42 bits per heavy atom. The highest BCUT2D eigenvalue weighted by molar-refractivity contribution is 7.91. The Kier molecular flexibility index (Phi) is 3.51. The number of hydrogen-bond acceptors (Lipinski definition) is 4. The zero-order chi connectivity index (χ0) is 14.4. The van der Waals surface area contributed by atoms with Crippen molar-refractivity contribution in [2.24, 2.45) is 13.0 Å². The number of rotatable bonds is 3. The minimum atomic E-state index is -3.02. The highest BCUT2D eigenvalue weighted by Gasteiger charge is 2.32. The molecule has 19 heavy (non-hydrogen) atoms. The lowest BCUT2D eigenvalue weighted by molar-refractivity contribution is 0.405. The summed E-state index contributed by atoms with van der Waals surface area (Å²) in [7, 11) is -1.24. The third-order valence-corrected chi connectivity index (χ3v) is 5.37. The molecular weight excluding hydrogens is 266 g/mol. The van der Waals surface area contributed by atoms with Crippen LogP contribution in [0.2, 0.25) is 0 Å². The number of nitrogen functional groups attached to an aromatic ring is 1. The summed E-state index contributed by atoms with van der Waals surface area (Å²) in [5.41, 5.74) is 6.67. The van der Waals surface area contributed by atoms with Crippen LogP contribution in [0.3, 0.4) is 0 Å². The molecular formula is C12H21N3O3S. The first-order valence-corrected chi connectivity index (χ1v) is 8.31. The van der Waals surface area contributed by atoms with Gasteiger partial charge in [0.1, 0.15) is 5.69 Å². The van der Waals surface area contributed by atoms with Gasteiger partial charge in [-0.25, -0.2) is 13.1 Å². The maximum atomic E-state index is 12.2. The largest absolute Gasteiger partial charge is 0.393 e. The highest BCUT2D eigenvalue weighted by Crippen LogP contribution is 2.24. The normalized spacial score (nSPS) is 22.2. The average Bonchev–Trinajstić information content (AvgIpc) is 2.72. The van der Waals surface area contributed by atoms with Gasteiger partial charge in [0.2, 0.25) is 0 Å². The topological polar surface area (TPSA) is 87.1 Å². The van der Waals surface area contributed by atoms with Crippen molar-refractivity contribution in [3.05, 3.63) is 16.0 Å². The summed E-state index contributed by atoms with van der Waals surface area (Å²) in [5.74, 6) is 0.566. The van der Waals surface area contributed by atoms with Gasteiger partial charge in [-0.15, -0.1) is 0 Å². The standard InChI is InChI=1S/C12H21N3O3S/c1-8(2)6-10-11(13)12(16)15(14(10)3)9-4-5-19(17,18)7-9/h8-9H,4-7,13H2,1-3H3. The van der Waals surface area contributed by atoms with Gasteiger partial charge in [0.25, 0.3) is 5.56 Å². The van der Waals surface area contributed by atoms with Gasteiger partial charge in [0, 0.05) is 7.05 Å². The van der Waals surface area contributed by atoms with Crippen LogP contribution in [0, 0.1) is 5.92 Å². The van der Waals surface area contributed by atoms with Crippen LogP contribution >= 0.6 is 0 Å². The van der Waals surface area contributed by atoms with Crippen molar-refractivity contribution < 1.29 is 8.42 Å². The maximum Gasteiger partial charge on any atom is 0.290 e. The monoisotopic (exact) mass is 287 g/mol. The second-order valence-corrected chi connectivity index (χ2v) is 7.92. The van der Waals surface area contributed by atoms with Crippen LogP contribution in [-0.4, -0.2) is 29.3 Å². The molecule has 108 valence electrons.